The maximum Gasteiger partial charge on any atom is 0.419 e. The Bertz CT molecular complexity index is 600. The molecule has 19 heavy (non-hydrogen) atoms. The molecule has 0 amide bonds. The van der Waals surface area contributed by atoms with E-state index in [2.05, 4.69) is 17.3 Å². The van der Waals surface area contributed by atoms with Crippen molar-refractivity contribution in [3.05, 3.63) is 34.3 Å². The van der Waals surface area contributed by atoms with E-state index in [4.69, 9.17) is 4.42 Å². The lowest BCUT2D eigenvalue weighted by Gasteiger charge is -2.16. The molecule has 2 aromatic rings. The van der Waals surface area contributed by atoms with Gasteiger partial charge in [-0.2, -0.15) is 0 Å². The summed E-state index contributed by atoms with van der Waals surface area (Å²) < 4.78 is 6.67. The average molecular weight is 263 g/mol. The van der Waals surface area contributed by atoms with Crippen molar-refractivity contribution in [1.29, 1.82) is 0 Å². The maximum atomic E-state index is 11.4. The lowest BCUT2D eigenvalue weighted by Crippen LogP contribution is -2.29. The van der Waals surface area contributed by atoms with Crippen LogP contribution in [0.5, 0.6) is 0 Å². The molecule has 0 saturated carbocycles. The summed E-state index contributed by atoms with van der Waals surface area (Å²) in [6.45, 7) is 3.02. The van der Waals surface area contributed by atoms with Crippen molar-refractivity contribution in [1.82, 2.24) is 14.8 Å². The SMILES string of the molecule is CNCCN(C)CCc1ccc2oc(=O)n(C)c2c1. The van der Waals surface area contributed by atoms with Crippen LogP contribution < -0.4 is 11.1 Å². The molecule has 0 aliphatic heterocycles. The fraction of sp³-hybridized carbons (Fsp3) is 0.500. The van der Waals surface area contributed by atoms with Crippen molar-refractivity contribution < 1.29 is 4.42 Å². The van der Waals surface area contributed by atoms with Gasteiger partial charge in [0.15, 0.2) is 5.58 Å². The molecule has 1 aromatic heterocycles. The van der Waals surface area contributed by atoms with Gasteiger partial charge in [-0.1, -0.05) is 6.07 Å². The Morgan fingerprint density at radius 2 is 2.16 bits per heavy atom. The number of rotatable bonds is 6. The first-order chi connectivity index (χ1) is 9.11. The standard InChI is InChI=1S/C14H21N3O2/c1-15-7-9-16(2)8-6-11-4-5-13-12(10-11)17(3)14(18)19-13/h4-5,10,15H,6-9H2,1-3H3. The van der Waals surface area contributed by atoms with Crippen molar-refractivity contribution in [3.63, 3.8) is 0 Å². The summed E-state index contributed by atoms with van der Waals surface area (Å²) in [5, 5.41) is 3.14. The second kappa shape index (κ2) is 6.04. The molecule has 0 radical (unpaired) electrons. The topological polar surface area (TPSA) is 50.4 Å². The van der Waals surface area contributed by atoms with Gasteiger partial charge in [-0.25, -0.2) is 4.79 Å². The quantitative estimate of drug-likeness (QED) is 0.838. The van der Waals surface area contributed by atoms with E-state index in [0.717, 1.165) is 31.6 Å². The molecular weight excluding hydrogens is 242 g/mol. The smallest absolute Gasteiger partial charge is 0.408 e. The number of fused-ring (bicyclic) bond motifs is 1. The number of hydrogen-bond donors (Lipinski definition) is 1. The van der Waals surface area contributed by atoms with Crippen molar-refractivity contribution in [2.24, 2.45) is 7.05 Å². The van der Waals surface area contributed by atoms with Gasteiger partial charge >= 0.3 is 5.76 Å². The Hall–Kier alpha value is -1.59. The van der Waals surface area contributed by atoms with Gasteiger partial charge < -0.3 is 14.6 Å². The number of likely N-dealkylation sites (N-methyl/N-ethyl adjacent to an activating group) is 2. The molecule has 0 fully saturated rings. The number of nitrogens with one attached hydrogen (secondary N) is 1. The predicted molar refractivity (Wildman–Crippen MR) is 76.6 cm³/mol. The molecular formula is C14H21N3O2. The van der Waals surface area contributed by atoms with Crippen LogP contribution in [0.25, 0.3) is 11.1 Å². The van der Waals surface area contributed by atoms with E-state index >= 15 is 0 Å². The third-order valence-electron chi connectivity index (χ3n) is 3.38. The van der Waals surface area contributed by atoms with E-state index in [0.29, 0.717) is 5.58 Å². The first kappa shape index (κ1) is 13.8. The predicted octanol–water partition coefficient (Wildman–Crippen LogP) is 0.825. The van der Waals surface area contributed by atoms with Gasteiger partial charge in [-0.05, 0) is 38.2 Å². The van der Waals surface area contributed by atoms with Crippen LogP contribution in [0.4, 0.5) is 0 Å². The summed E-state index contributed by atoms with van der Waals surface area (Å²) in [5.41, 5.74) is 2.74. The van der Waals surface area contributed by atoms with E-state index in [1.165, 1.54) is 5.56 Å². The molecule has 5 nitrogen and oxygen atoms in total. The largest absolute Gasteiger partial charge is 0.419 e. The third kappa shape index (κ3) is 3.24. The monoisotopic (exact) mass is 263 g/mol. The Balaban J connectivity index is 2.05. The van der Waals surface area contributed by atoms with E-state index in [1.807, 2.05) is 25.2 Å². The average Bonchev–Trinajstić information content (AvgIpc) is 2.69. The van der Waals surface area contributed by atoms with Crippen LogP contribution in [0, 0.1) is 0 Å². The molecule has 1 heterocycles. The van der Waals surface area contributed by atoms with E-state index in [1.54, 1.807) is 11.6 Å². The van der Waals surface area contributed by atoms with Gasteiger partial charge in [0.1, 0.15) is 0 Å². The Kier molecular flexibility index (Phi) is 4.39. The zero-order valence-electron chi connectivity index (χ0n) is 11.8. The van der Waals surface area contributed by atoms with E-state index < -0.39 is 0 Å². The van der Waals surface area contributed by atoms with Crippen LogP contribution in [-0.2, 0) is 13.5 Å². The molecule has 0 bridgehead atoms. The first-order valence-electron chi connectivity index (χ1n) is 6.53. The minimum absolute atomic E-state index is 0.307. The summed E-state index contributed by atoms with van der Waals surface area (Å²) in [5.74, 6) is -0.307. The summed E-state index contributed by atoms with van der Waals surface area (Å²) >= 11 is 0. The molecule has 1 aromatic carbocycles. The molecule has 0 saturated heterocycles. The molecule has 5 heteroatoms. The highest BCUT2D eigenvalue weighted by Crippen LogP contribution is 2.14. The van der Waals surface area contributed by atoms with E-state index in [9.17, 15) is 4.79 Å². The van der Waals surface area contributed by atoms with Crippen LogP contribution in [0.15, 0.2) is 27.4 Å². The first-order valence-corrected chi connectivity index (χ1v) is 6.53. The Labute approximate surface area is 112 Å². The Morgan fingerprint density at radius 3 is 2.89 bits per heavy atom. The molecule has 0 spiro atoms. The van der Waals surface area contributed by atoms with Crippen molar-refractivity contribution >= 4 is 11.1 Å². The molecule has 0 aliphatic carbocycles. The van der Waals surface area contributed by atoms with Crippen LogP contribution in [-0.4, -0.2) is 43.2 Å². The normalized spacial score (nSPS) is 11.6. The Morgan fingerprint density at radius 1 is 1.37 bits per heavy atom. The highest BCUT2D eigenvalue weighted by atomic mass is 16.4. The number of benzene rings is 1. The fourth-order valence-corrected chi connectivity index (χ4v) is 2.06. The highest BCUT2D eigenvalue weighted by molar-refractivity contribution is 5.73. The lowest BCUT2D eigenvalue weighted by atomic mass is 10.1. The summed E-state index contributed by atoms with van der Waals surface area (Å²) in [6.07, 6.45) is 0.968. The minimum Gasteiger partial charge on any atom is -0.408 e. The lowest BCUT2D eigenvalue weighted by molar-refractivity contribution is 0.339. The maximum absolute atomic E-state index is 11.4. The number of oxazole rings is 1. The third-order valence-corrected chi connectivity index (χ3v) is 3.38. The fourth-order valence-electron chi connectivity index (χ4n) is 2.06. The second-order valence-corrected chi connectivity index (χ2v) is 4.89. The van der Waals surface area contributed by atoms with Crippen molar-refractivity contribution in [3.8, 4) is 0 Å². The molecule has 0 atom stereocenters. The van der Waals surface area contributed by atoms with Gasteiger partial charge in [0.25, 0.3) is 0 Å². The summed E-state index contributed by atoms with van der Waals surface area (Å²) in [6, 6.07) is 5.93. The van der Waals surface area contributed by atoms with E-state index in [-0.39, 0.29) is 5.76 Å². The summed E-state index contributed by atoms with van der Waals surface area (Å²) in [7, 11) is 5.81. The molecule has 1 N–H and O–H groups in total. The van der Waals surface area contributed by atoms with Crippen LogP contribution in [0.3, 0.4) is 0 Å². The molecule has 104 valence electrons. The van der Waals surface area contributed by atoms with Gasteiger partial charge in [0.05, 0.1) is 5.52 Å². The van der Waals surface area contributed by atoms with Gasteiger partial charge in [0, 0.05) is 26.7 Å². The zero-order valence-corrected chi connectivity index (χ0v) is 11.8. The number of aryl methyl sites for hydroxylation is 1. The molecule has 0 aliphatic rings. The number of hydrogen-bond acceptors (Lipinski definition) is 4. The number of aromatic nitrogens is 1. The highest BCUT2D eigenvalue weighted by Gasteiger charge is 2.06. The summed E-state index contributed by atoms with van der Waals surface area (Å²) in [4.78, 5) is 13.7. The van der Waals surface area contributed by atoms with Gasteiger partial charge in [-0.15, -0.1) is 0 Å². The molecule has 2 rings (SSSR count). The number of nitrogens with zero attached hydrogens (tertiary/aromatic N) is 2. The minimum atomic E-state index is -0.307. The molecule has 0 unspecified atom stereocenters. The zero-order chi connectivity index (χ0) is 13.8. The van der Waals surface area contributed by atoms with Crippen molar-refractivity contribution in [2.75, 3.05) is 33.7 Å². The van der Waals surface area contributed by atoms with Gasteiger partial charge in [0.2, 0.25) is 0 Å². The second-order valence-electron chi connectivity index (χ2n) is 4.89. The van der Waals surface area contributed by atoms with Gasteiger partial charge in [-0.3, -0.25) is 4.57 Å². The van der Waals surface area contributed by atoms with Crippen LogP contribution in [0.2, 0.25) is 0 Å². The van der Waals surface area contributed by atoms with Crippen molar-refractivity contribution in [2.45, 2.75) is 6.42 Å². The van der Waals surface area contributed by atoms with Crippen LogP contribution >= 0.6 is 0 Å². The van der Waals surface area contributed by atoms with Crippen LogP contribution in [0.1, 0.15) is 5.56 Å².